The minimum atomic E-state index is -3.78. The Morgan fingerprint density at radius 1 is 1.00 bits per heavy atom. The van der Waals surface area contributed by atoms with E-state index in [1.165, 1.54) is 0 Å². The summed E-state index contributed by atoms with van der Waals surface area (Å²) in [4.78, 5) is 45.3. The Hall–Kier alpha value is -3.90. The highest BCUT2D eigenvalue weighted by atomic mass is 32.2. The zero-order valence-electron chi connectivity index (χ0n) is 22.2. The van der Waals surface area contributed by atoms with Gasteiger partial charge in [0.2, 0.25) is 23.4 Å². The lowest BCUT2D eigenvalue weighted by Gasteiger charge is -2.28. The molecule has 1 aliphatic rings. The lowest BCUT2D eigenvalue weighted by atomic mass is 10.0. The molecular formula is C28H32N4O7S. The monoisotopic (exact) mass is 568 g/mol. The Labute approximate surface area is 232 Å². The van der Waals surface area contributed by atoms with E-state index >= 15 is 0 Å². The van der Waals surface area contributed by atoms with Crippen molar-refractivity contribution in [2.24, 2.45) is 5.92 Å². The summed E-state index contributed by atoms with van der Waals surface area (Å²) >= 11 is 0. The number of ketones is 1. The fraction of sp³-hybridized carbons (Fsp3) is 0.393. The minimum Gasteiger partial charge on any atom is -0.378 e. The largest absolute Gasteiger partial charge is 0.378 e. The van der Waals surface area contributed by atoms with E-state index in [2.05, 4.69) is 15.5 Å². The summed E-state index contributed by atoms with van der Waals surface area (Å²) in [6.07, 6.45) is -0.120. The second-order valence-electron chi connectivity index (χ2n) is 9.56. The molecule has 212 valence electrons. The van der Waals surface area contributed by atoms with Crippen LogP contribution in [-0.4, -0.2) is 79.2 Å². The summed E-state index contributed by atoms with van der Waals surface area (Å²) in [5.74, 6) is -3.69. The number of carbonyl (C=O) groups is 3. The quantitative estimate of drug-likeness (QED) is 0.325. The summed E-state index contributed by atoms with van der Waals surface area (Å²) in [6, 6.07) is 16.5. The molecule has 40 heavy (non-hydrogen) atoms. The van der Waals surface area contributed by atoms with Crippen LogP contribution in [0.15, 0.2) is 65.2 Å². The van der Waals surface area contributed by atoms with Gasteiger partial charge in [-0.1, -0.05) is 60.6 Å². The lowest BCUT2D eigenvalue weighted by Crippen LogP contribution is -2.47. The first-order chi connectivity index (χ1) is 19.3. The number of morpholine rings is 1. The highest BCUT2D eigenvalue weighted by Gasteiger charge is 2.33. The number of hydrogen-bond donors (Lipinski definition) is 1. The van der Waals surface area contributed by atoms with Crippen LogP contribution in [0.5, 0.6) is 0 Å². The maximum absolute atomic E-state index is 13.4. The molecule has 1 saturated heterocycles. The molecule has 2 amide bonds. The van der Waals surface area contributed by atoms with Crippen LogP contribution in [0.25, 0.3) is 11.5 Å². The van der Waals surface area contributed by atoms with Gasteiger partial charge in [-0.25, -0.2) is 8.42 Å². The Morgan fingerprint density at radius 3 is 2.30 bits per heavy atom. The van der Waals surface area contributed by atoms with Gasteiger partial charge in [-0.15, -0.1) is 0 Å². The van der Waals surface area contributed by atoms with Gasteiger partial charge in [0.05, 0.1) is 36.7 Å². The number of nitrogens with one attached hydrogen (secondary N) is 1. The molecule has 0 saturated carbocycles. The van der Waals surface area contributed by atoms with Crippen molar-refractivity contribution in [3.05, 3.63) is 72.1 Å². The number of carbonyl (C=O) groups excluding carboxylic acids is 3. The third-order valence-electron chi connectivity index (χ3n) is 6.55. The molecule has 12 heteroatoms. The fourth-order valence-electron chi connectivity index (χ4n) is 4.39. The zero-order valence-corrected chi connectivity index (χ0v) is 23.0. The van der Waals surface area contributed by atoms with E-state index in [-0.39, 0.29) is 36.2 Å². The zero-order chi connectivity index (χ0) is 28.5. The third kappa shape index (κ3) is 7.82. The Kier molecular flexibility index (Phi) is 9.78. The lowest BCUT2D eigenvalue weighted by molar-refractivity contribution is -0.139. The van der Waals surface area contributed by atoms with Crippen molar-refractivity contribution in [1.29, 1.82) is 0 Å². The van der Waals surface area contributed by atoms with Crippen LogP contribution in [0.3, 0.4) is 0 Å². The molecule has 2 heterocycles. The van der Waals surface area contributed by atoms with Gasteiger partial charge in [0.1, 0.15) is 0 Å². The van der Waals surface area contributed by atoms with E-state index in [4.69, 9.17) is 9.26 Å². The molecule has 0 aliphatic carbocycles. The van der Waals surface area contributed by atoms with E-state index in [1.54, 1.807) is 66.4 Å². The Morgan fingerprint density at radius 2 is 1.65 bits per heavy atom. The van der Waals surface area contributed by atoms with E-state index in [0.717, 1.165) is 0 Å². The van der Waals surface area contributed by atoms with Crippen LogP contribution in [-0.2, 0) is 29.9 Å². The van der Waals surface area contributed by atoms with Crippen molar-refractivity contribution < 1.29 is 32.1 Å². The minimum absolute atomic E-state index is 0.158. The summed E-state index contributed by atoms with van der Waals surface area (Å²) in [7, 11) is -3.78. The van der Waals surface area contributed by atoms with Gasteiger partial charge in [-0.05, 0) is 24.1 Å². The molecular weight excluding hydrogens is 536 g/mol. The number of aromatic nitrogens is 2. The van der Waals surface area contributed by atoms with Crippen LogP contribution in [0, 0.1) is 5.92 Å². The Balaban J connectivity index is 1.49. The summed E-state index contributed by atoms with van der Waals surface area (Å²) in [5.41, 5.74) is 1.21. The SMILES string of the molecule is CCC(NC(=O)C(CC(=O)N1CCOCC1)CS(=O)(=O)Cc1ccccc1)C(=O)c1noc(-c2ccccc2)n1. The number of rotatable bonds is 12. The van der Waals surface area contributed by atoms with Crippen molar-refractivity contribution in [3.63, 3.8) is 0 Å². The highest BCUT2D eigenvalue weighted by Crippen LogP contribution is 2.19. The molecule has 1 N–H and O–H groups in total. The van der Waals surface area contributed by atoms with Gasteiger partial charge in [-0.3, -0.25) is 14.4 Å². The summed E-state index contributed by atoms with van der Waals surface area (Å²) in [6.45, 7) is 3.16. The maximum atomic E-state index is 13.4. The van der Waals surface area contributed by atoms with Crippen molar-refractivity contribution in [3.8, 4) is 11.5 Å². The number of hydrogen-bond acceptors (Lipinski definition) is 9. The number of sulfone groups is 1. The van der Waals surface area contributed by atoms with Crippen LogP contribution < -0.4 is 5.32 Å². The van der Waals surface area contributed by atoms with Gasteiger partial charge < -0.3 is 19.5 Å². The predicted octanol–water partition coefficient (Wildman–Crippen LogP) is 2.29. The smallest absolute Gasteiger partial charge is 0.258 e. The van der Waals surface area contributed by atoms with Gasteiger partial charge in [0, 0.05) is 25.1 Å². The molecule has 0 bridgehead atoms. The van der Waals surface area contributed by atoms with E-state index in [9.17, 15) is 22.8 Å². The number of nitrogens with zero attached hydrogens (tertiary/aromatic N) is 3. The molecule has 11 nitrogen and oxygen atoms in total. The topological polar surface area (TPSA) is 149 Å². The van der Waals surface area contributed by atoms with Crippen LogP contribution in [0.2, 0.25) is 0 Å². The van der Waals surface area contributed by atoms with Crippen molar-refractivity contribution in [2.45, 2.75) is 31.6 Å². The molecule has 3 aromatic rings. The van der Waals surface area contributed by atoms with Gasteiger partial charge >= 0.3 is 0 Å². The summed E-state index contributed by atoms with van der Waals surface area (Å²) < 4.78 is 36.7. The van der Waals surface area contributed by atoms with Crippen molar-refractivity contribution >= 4 is 27.4 Å². The third-order valence-corrected chi connectivity index (χ3v) is 8.23. The molecule has 4 rings (SSSR count). The van der Waals surface area contributed by atoms with E-state index in [0.29, 0.717) is 37.4 Å². The molecule has 0 spiro atoms. The predicted molar refractivity (Wildman–Crippen MR) is 146 cm³/mol. The number of amides is 2. The first-order valence-electron chi connectivity index (χ1n) is 13.1. The van der Waals surface area contributed by atoms with Crippen LogP contribution >= 0.6 is 0 Å². The van der Waals surface area contributed by atoms with Gasteiger partial charge in [-0.2, -0.15) is 4.98 Å². The average Bonchev–Trinajstić information content (AvgIpc) is 3.47. The van der Waals surface area contributed by atoms with Gasteiger partial charge in [0.25, 0.3) is 5.89 Å². The van der Waals surface area contributed by atoms with Crippen molar-refractivity contribution in [1.82, 2.24) is 20.4 Å². The average molecular weight is 569 g/mol. The maximum Gasteiger partial charge on any atom is 0.258 e. The normalized spacial score (nSPS) is 15.3. The Bertz CT molecular complexity index is 1400. The number of Topliss-reactive ketones (excluding diaryl/α,β-unsaturated/α-hetero) is 1. The van der Waals surface area contributed by atoms with E-state index < -0.39 is 39.2 Å². The molecule has 2 atom stereocenters. The standard InChI is InChI=1S/C28H32N4O7S/c1-2-23(25(34)26-30-28(39-31-26)21-11-7-4-8-12-21)29-27(35)22(17-24(33)32-13-15-38-16-14-32)19-40(36,37)18-20-9-5-3-6-10-20/h3-12,22-23H,2,13-19H2,1H3,(H,29,35). The molecule has 2 aromatic carbocycles. The number of ether oxygens (including phenoxy) is 1. The molecule has 0 radical (unpaired) electrons. The summed E-state index contributed by atoms with van der Waals surface area (Å²) in [5, 5.41) is 6.41. The fourth-order valence-corrected chi connectivity index (χ4v) is 6.09. The van der Waals surface area contributed by atoms with Crippen LogP contribution in [0.1, 0.15) is 35.9 Å². The molecule has 1 fully saturated rings. The second-order valence-corrected chi connectivity index (χ2v) is 11.7. The van der Waals surface area contributed by atoms with Crippen molar-refractivity contribution in [2.75, 3.05) is 32.1 Å². The first-order valence-corrected chi connectivity index (χ1v) is 14.9. The van der Waals surface area contributed by atoms with Crippen LogP contribution in [0.4, 0.5) is 0 Å². The molecule has 1 aliphatic heterocycles. The first kappa shape index (κ1) is 29.1. The molecule has 2 unspecified atom stereocenters. The second kappa shape index (κ2) is 13.4. The molecule has 1 aromatic heterocycles. The van der Waals surface area contributed by atoms with E-state index in [1.807, 2.05) is 6.07 Å². The highest BCUT2D eigenvalue weighted by molar-refractivity contribution is 7.90. The van der Waals surface area contributed by atoms with Gasteiger partial charge in [0.15, 0.2) is 9.84 Å². The number of benzene rings is 2.